The first-order valence-corrected chi connectivity index (χ1v) is 9.99. The summed E-state index contributed by atoms with van der Waals surface area (Å²) in [6, 6.07) is 4.09. The zero-order valence-corrected chi connectivity index (χ0v) is 17.0. The van der Waals surface area contributed by atoms with Crippen molar-refractivity contribution < 1.29 is 9.18 Å². The molecule has 1 fully saturated rings. The second-order valence-corrected chi connectivity index (χ2v) is 7.68. The zero-order valence-electron chi connectivity index (χ0n) is 17.0. The van der Waals surface area contributed by atoms with E-state index in [1.165, 1.54) is 35.4 Å². The fraction of sp³-hybridized carbons (Fsp3) is 0.381. The van der Waals surface area contributed by atoms with Gasteiger partial charge >= 0.3 is 0 Å². The summed E-state index contributed by atoms with van der Waals surface area (Å²) >= 11 is 0. The van der Waals surface area contributed by atoms with E-state index >= 15 is 0 Å². The summed E-state index contributed by atoms with van der Waals surface area (Å²) < 4.78 is 13.8. The normalized spacial score (nSPS) is 19.0. The molecule has 9 heteroatoms. The predicted molar refractivity (Wildman–Crippen MR) is 110 cm³/mol. The van der Waals surface area contributed by atoms with Gasteiger partial charge in [0.05, 0.1) is 36.0 Å². The van der Waals surface area contributed by atoms with E-state index in [4.69, 9.17) is 0 Å². The summed E-state index contributed by atoms with van der Waals surface area (Å²) in [5.74, 6) is 0.910. The van der Waals surface area contributed by atoms with E-state index in [0.717, 1.165) is 24.5 Å². The molecule has 156 valence electrons. The fourth-order valence-electron chi connectivity index (χ4n) is 3.76. The van der Waals surface area contributed by atoms with Crippen LogP contribution < -0.4 is 5.32 Å². The Morgan fingerprint density at radius 2 is 2.03 bits per heavy atom. The molecule has 8 nitrogen and oxygen atoms in total. The maximum absolute atomic E-state index is 13.8. The molecule has 1 aliphatic heterocycles. The molecule has 1 saturated heterocycles. The van der Waals surface area contributed by atoms with Gasteiger partial charge in [0.2, 0.25) is 0 Å². The molecular weight excluding hydrogens is 385 g/mol. The fourth-order valence-corrected chi connectivity index (χ4v) is 3.76. The van der Waals surface area contributed by atoms with E-state index in [1.54, 1.807) is 12.4 Å². The predicted octanol–water partition coefficient (Wildman–Crippen LogP) is 2.72. The van der Waals surface area contributed by atoms with E-state index < -0.39 is 5.82 Å². The van der Waals surface area contributed by atoms with Gasteiger partial charge in [-0.1, -0.05) is 6.92 Å². The largest absolute Gasteiger partial charge is 0.369 e. The summed E-state index contributed by atoms with van der Waals surface area (Å²) in [7, 11) is 0. The van der Waals surface area contributed by atoms with Crippen LogP contribution >= 0.6 is 0 Å². The topological polar surface area (TPSA) is 88.8 Å². The zero-order chi connectivity index (χ0) is 21.1. The van der Waals surface area contributed by atoms with Crippen LogP contribution in [0.15, 0.2) is 43.0 Å². The molecular formula is C21H24FN7O. The van der Waals surface area contributed by atoms with Gasteiger partial charge < -0.3 is 10.2 Å². The highest BCUT2D eigenvalue weighted by Crippen LogP contribution is 2.26. The Labute approximate surface area is 174 Å². The summed E-state index contributed by atoms with van der Waals surface area (Å²) in [6.45, 7) is 6.10. The lowest BCUT2D eigenvalue weighted by molar-refractivity contribution is 0.0622. The van der Waals surface area contributed by atoms with Crippen LogP contribution in [0.2, 0.25) is 0 Å². The number of benzene rings is 1. The monoisotopic (exact) mass is 409 g/mol. The lowest BCUT2D eigenvalue weighted by Gasteiger charge is -2.37. The Morgan fingerprint density at radius 1 is 1.23 bits per heavy atom. The Hall–Kier alpha value is -3.36. The number of carbonyl (C=O) groups excluding carboxylic acids is 1. The van der Waals surface area contributed by atoms with E-state index in [2.05, 4.69) is 32.4 Å². The number of hydrogen-bond acceptors (Lipinski definition) is 6. The lowest BCUT2D eigenvalue weighted by atomic mass is 9.86. The highest BCUT2D eigenvalue weighted by atomic mass is 19.1. The number of amides is 1. The van der Waals surface area contributed by atoms with Crippen LogP contribution in [0, 0.1) is 24.6 Å². The Kier molecular flexibility index (Phi) is 5.69. The number of aromatic nitrogens is 5. The second-order valence-electron chi connectivity index (χ2n) is 7.68. The summed E-state index contributed by atoms with van der Waals surface area (Å²) in [4.78, 5) is 24.9. The molecule has 1 aromatic carbocycles. The van der Waals surface area contributed by atoms with Gasteiger partial charge in [-0.2, -0.15) is 15.0 Å². The van der Waals surface area contributed by atoms with Crippen LogP contribution in [0.1, 0.15) is 29.4 Å². The number of halogens is 1. The molecule has 0 spiro atoms. The molecule has 0 aliphatic carbocycles. The molecule has 0 saturated carbocycles. The van der Waals surface area contributed by atoms with E-state index in [1.807, 2.05) is 11.8 Å². The third-order valence-corrected chi connectivity index (χ3v) is 5.52. The van der Waals surface area contributed by atoms with Crippen molar-refractivity contribution in [3.63, 3.8) is 0 Å². The molecule has 0 bridgehead atoms. The van der Waals surface area contributed by atoms with Crippen molar-refractivity contribution in [1.29, 1.82) is 0 Å². The van der Waals surface area contributed by atoms with Crippen molar-refractivity contribution in [2.75, 3.05) is 25.0 Å². The molecule has 1 amide bonds. The van der Waals surface area contributed by atoms with Crippen LogP contribution in [0.25, 0.3) is 5.69 Å². The lowest BCUT2D eigenvalue weighted by Crippen LogP contribution is -2.44. The third kappa shape index (κ3) is 4.29. The average molecular weight is 409 g/mol. The number of rotatable bonds is 5. The Morgan fingerprint density at radius 3 is 2.73 bits per heavy atom. The Balaban J connectivity index is 1.42. The number of likely N-dealkylation sites (tertiary alicyclic amines) is 1. The number of carbonyl (C=O) groups is 1. The Bertz CT molecular complexity index is 1010. The molecule has 0 radical (unpaired) electrons. The molecule has 0 unspecified atom stereocenters. The first-order valence-electron chi connectivity index (χ1n) is 9.99. The van der Waals surface area contributed by atoms with Crippen molar-refractivity contribution in [2.24, 2.45) is 11.8 Å². The van der Waals surface area contributed by atoms with E-state index in [9.17, 15) is 9.18 Å². The minimum atomic E-state index is -0.434. The first-order chi connectivity index (χ1) is 14.5. The quantitative estimate of drug-likeness (QED) is 0.697. The SMILES string of the molecule is Cc1cnc(NC[C@@H]2CCN(C(=O)c3ccc(F)cc3-n3nccn3)C[C@@H]2C)cn1. The highest BCUT2D eigenvalue weighted by molar-refractivity contribution is 5.97. The van der Waals surface area contributed by atoms with Gasteiger partial charge in [0.1, 0.15) is 17.3 Å². The van der Waals surface area contributed by atoms with Crippen molar-refractivity contribution in [2.45, 2.75) is 20.3 Å². The van der Waals surface area contributed by atoms with Crippen molar-refractivity contribution in [1.82, 2.24) is 29.9 Å². The van der Waals surface area contributed by atoms with Gasteiger partial charge in [0.15, 0.2) is 0 Å². The van der Waals surface area contributed by atoms with Crippen LogP contribution in [-0.4, -0.2) is 55.4 Å². The van der Waals surface area contributed by atoms with Gasteiger partial charge in [-0.05, 0) is 37.3 Å². The standard InChI is InChI=1S/C21H24FN7O/c1-14-13-28(8-5-16(14)11-25-20-12-23-15(2)10-24-20)21(30)18-4-3-17(22)9-19(18)29-26-6-7-27-29/h3-4,6-7,9-10,12,14,16H,5,8,11,13H2,1-2H3,(H,24,25)/t14-,16-/m0/s1. The number of aryl methyl sites for hydroxylation is 1. The summed E-state index contributed by atoms with van der Waals surface area (Å²) in [5.41, 5.74) is 1.62. The van der Waals surface area contributed by atoms with Gasteiger partial charge in [0, 0.05) is 25.7 Å². The van der Waals surface area contributed by atoms with Crippen LogP contribution in [-0.2, 0) is 0 Å². The number of nitrogens with one attached hydrogen (secondary N) is 1. The summed E-state index contributed by atoms with van der Waals surface area (Å²) in [6.07, 6.45) is 7.34. The minimum Gasteiger partial charge on any atom is -0.369 e. The number of hydrogen-bond donors (Lipinski definition) is 1. The van der Waals surface area contributed by atoms with Gasteiger partial charge in [-0.15, -0.1) is 0 Å². The molecule has 1 aliphatic rings. The molecule has 30 heavy (non-hydrogen) atoms. The number of nitrogens with zero attached hydrogens (tertiary/aromatic N) is 6. The van der Waals surface area contributed by atoms with E-state index in [-0.39, 0.29) is 5.91 Å². The second kappa shape index (κ2) is 8.56. The maximum Gasteiger partial charge on any atom is 0.256 e. The highest BCUT2D eigenvalue weighted by Gasteiger charge is 2.30. The third-order valence-electron chi connectivity index (χ3n) is 5.52. The molecule has 3 heterocycles. The number of anilines is 1. The van der Waals surface area contributed by atoms with Crippen molar-refractivity contribution in [3.8, 4) is 5.69 Å². The average Bonchev–Trinajstić information content (AvgIpc) is 3.28. The van der Waals surface area contributed by atoms with Crippen molar-refractivity contribution >= 4 is 11.7 Å². The number of piperidine rings is 1. The minimum absolute atomic E-state index is 0.134. The smallest absolute Gasteiger partial charge is 0.256 e. The van der Waals surface area contributed by atoms with Gasteiger partial charge in [0.25, 0.3) is 5.91 Å². The van der Waals surface area contributed by atoms with Crippen molar-refractivity contribution in [3.05, 3.63) is 60.1 Å². The molecule has 4 rings (SSSR count). The van der Waals surface area contributed by atoms with E-state index in [0.29, 0.717) is 36.2 Å². The van der Waals surface area contributed by atoms with Gasteiger partial charge in [-0.3, -0.25) is 9.78 Å². The first kappa shape index (κ1) is 19.9. The molecule has 1 N–H and O–H groups in total. The van der Waals surface area contributed by atoms with Gasteiger partial charge in [-0.25, -0.2) is 9.37 Å². The van der Waals surface area contributed by atoms with Crippen LogP contribution in [0.5, 0.6) is 0 Å². The maximum atomic E-state index is 13.8. The molecule has 2 aromatic heterocycles. The molecule has 2 atom stereocenters. The molecule has 3 aromatic rings. The summed E-state index contributed by atoms with van der Waals surface area (Å²) in [5, 5.41) is 11.4. The van der Waals surface area contributed by atoms with Crippen LogP contribution in [0.4, 0.5) is 10.2 Å². The van der Waals surface area contributed by atoms with Crippen LogP contribution in [0.3, 0.4) is 0 Å².